The Balaban J connectivity index is 2.21. The number of hydrogen-bond acceptors (Lipinski definition) is 0. The van der Waals surface area contributed by atoms with Crippen LogP contribution in [-0.4, -0.2) is 0 Å². The fraction of sp³-hybridized carbons (Fsp3) is 0.750. The summed E-state index contributed by atoms with van der Waals surface area (Å²) in [5.74, 6) is 0. The second kappa shape index (κ2) is 12.9. The maximum Gasteiger partial charge on any atom is 0.181 e. The van der Waals surface area contributed by atoms with Crippen molar-refractivity contribution >= 4 is 0 Å². The van der Waals surface area contributed by atoms with Crippen LogP contribution in [0.25, 0.3) is 0 Å². The van der Waals surface area contributed by atoms with Crippen molar-refractivity contribution in [2.45, 2.75) is 97.4 Å². The van der Waals surface area contributed by atoms with Crippen LogP contribution in [0.3, 0.4) is 0 Å². The fourth-order valence-corrected chi connectivity index (χ4v) is 2.93. The van der Waals surface area contributed by atoms with Crippen molar-refractivity contribution in [3.8, 4) is 0 Å². The molecule has 1 heterocycles. The fourth-order valence-electron chi connectivity index (χ4n) is 2.93. The van der Waals surface area contributed by atoms with Crippen LogP contribution in [0.1, 0.15) is 90.2 Å². The van der Waals surface area contributed by atoms with Gasteiger partial charge in [0.05, 0.1) is 0 Å². The summed E-state index contributed by atoms with van der Waals surface area (Å²) in [5.41, 5.74) is 1.53. The van der Waals surface area contributed by atoms with Gasteiger partial charge >= 0.3 is 0 Å². The number of aromatic nitrogens is 1. The van der Waals surface area contributed by atoms with Crippen molar-refractivity contribution in [2.75, 3.05) is 0 Å². The van der Waals surface area contributed by atoms with E-state index in [1.807, 2.05) is 0 Å². The first kappa shape index (κ1) is 18.2. The van der Waals surface area contributed by atoms with Crippen molar-refractivity contribution in [1.29, 1.82) is 0 Å². The summed E-state index contributed by atoms with van der Waals surface area (Å²) < 4.78 is 2.48. The van der Waals surface area contributed by atoms with Crippen molar-refractivity contribution in [3.05, 3.63) is 30.1 Å². The molecule has 21 heavy (non-hydrogen) atoms. The normalized spacial score (nSPS) is 11.0. The van der Waals surface area contributed by atoms with Crippen LogP contribution in [0.15, 0.2) is 24.4 Å². The molecule has 0 amide bonds. The van der Waals surface area contributed by atoms with Crippen molar-refractivity contribution in [1.82, 2.24) is 0 Å². The molecule has 1 heteroatoms. The van der Waals surface area contributed by atoms with E-state index in [0.29, 0.717) is 0 Å². The summed E-state index contributed by atoms with van der Waals surface area (Å²) in [6.45, 7) is 5.77. The number of unbranched alkanes of at least 4 members (excludes halogenated alkanes) is 9. The average Bonchev–Trinajstić information content (AvgIpc) is 2.52. The molecule has 0 spiro atoms. The summed E-state index contributed by atoms with van der Waals surface area (Å²) in [6, 6.07) is 6.68. The second-order valence-corrected chi connectivity index (χ2v) is 6.32. The Labute approximate surface area is 132 Å². The quantitative estimate of drug-likeness (QED) is 0.317. The monoisotopic (exact) mass is 290 g/mol. The third-order valence-corrected chi connectivity index (χ3v) is 4.32. The van der Waals surface area contributed by atoms with Gasteiger partial charge in [-0.15, -0.1) is 0 Å². The Hall–Kier alpha value is -0.850. The lowest BCUT2D eigenvalue weighted by Gasteiger charge is -2.04. The molecular weight excluding hydrogens is 254 g/mol. The maximum atomic E-state index is 2.48. The average molecular weight is 291 g/mol. The minimum atomic E-state index is 1.21. The van der Waals surface area contributed by atoms with Crippen LogP contribution in [0.4, 0.5) is 0 Å². The molecule has 0 unspecified atom stereocenters. The zero-order valence-electron chi connectivity index (χ0n) is 14.4. The second-order valence-electron chi connectivity index (χ2n) is 6.32. The van der Waals surface area contributed by atoms with Crippen LogP contribution in [-0.2, 0) is 13.0 Å². The molecule has 0 aromatic carbocycles. The van der Waals surface area contributed by atoms with Crippen LogP contribution in [0.5, 0.6) is 0 Å². The number of aryl methyl sites for hydroxylation is 2. The van der Waals surface area contributed by atoms with Crippen LogP contribution >= 0.6 is 0 Å². The molecule has 1 rings (SSSR count). The highest BCUT2D eigenvalue weighted by Gasteiger charge is 2.08. The molecule has 0 bridgehead atoms. The lowest BCUT2D eigenvalue weighted by atomic mass is 10.1. The number of nitrogens with zero attached hydrogens (tertiary/aromatic N) is 1. The molecule has 1 aromatic rings. The molecular formula is C20H36N+. The molecule has 1 aromatic heterocycles. The molecule has 0 saturated carbocycles. The molecule has 1 nitrogen and oxygen atoms in total. The first-order valence-corrected chi connectivity index (χ1v) is 9.35. The standard InChI is InChI=1S/C20H36N/c1-3-5-7-9-10-11-14-18-21-19-15-13-17-20(21)16-12-8-6-4-2/h13,15,17,19H,3-12,14,16,18H2,1-2H3/q+1. The highest BCUT2D eigenvalue weighted by Crippen LogP contribution is 2.08. The topological polar surface area (TPSA) is 3.88 Å². The van der Waals surface area contributed by atoms with Crippen LogP contribution < -0.4 is 4.57 Å². The van der Waals surface area contributed by atoms with Crippen molar-refractivity contribution in [2.24, 2.45) is 0 Å². The SMILES string of the molecule is CCCCCCCCC[n+]1ccccc1CCCCCC. The summed E-state index contributed by atoms with van der Waals surface area (Å²) in [4.78, 5) is 0. The molecule has 0 aliphatic rings. The molecule has 0 aliphatic heterocycles. The van der Waals surface area contributed by atoms with E-state index in [0.717, 1.165) is 0 Å². The van der Waals surface area contributed by atoms with Crippen LogP contribution in [0.2, 0.25) is 0 Å². The van der Waals surface area contributed by atoms with Gasteiger partial charge in [0.2, 0.25) is 0 Å². The van der Waals surface area contributed by atoms with E-state index < -0.39 is 0 Å². The summed E-state index contributed by atoms with van der Waals surface area (Å²) in [5, 5.41) is 0. The Morgan fingerprint density at radius 2 is 1.33 bits per heavy atom. The van der Waals surface area contributed by atoms with Gasteiger partial charge in [0.15, 0.2) is 11.9 Å². The first-order valence-electron chi connectivity index (χ1n) is 9.35. The summed E-state index contributed by atoms with van der Waals surface area (Å²) in [6.07, 6.45) is 18.7. The Kier molecular flexibility index (Phi) is 11.1. The molecule has 0 atom stereocenters. The third-order valence-electron chi connectivity index (χ3n) is 4.32. The summed E-state index contributed by atoms with van der Waals surface area (Å²) in [7, 11) is 0. The Morgan fingerprint density at radius 3 is 2.05 bits per heavy atom. The van der Waals surface area contributed by atoms with Gasteiger partial charge < -0.3 is 0 Å². The molecule has 0 aliphatic carbocycles. The van der Waals surface area contributed by atoms with E-state index in [4.69, 9.17) is 0 Å². The van der Waals surface area contributed by atoms with E-state index in [9.17, 15) is 0 Å². The van der Waals surface area contributed by atoms with Gasteiger partial charge in [-0.3, -0.25) is 0 Å². The summed E-state index contributed by atoms with van der Waals surface area (Å²) >= 11 is 0. The highest BCUT2D eigenvalue weighted by molar-refractivity contribution is 4.97. The molecule has 0 saturated heterocycles. The lowest BCUT2D eigenvalue weighted by molar-refractivity contribution is -0.704. The van der Waals surface area contributed by atoms with E-state index in [2.05, 4.69) is 42.8 Å². The highest BCUT2D eigenvalue weighted by atomic mass is 14.9. The maximum absolute atomic E-state index is 2.48. The minimum Gasteiger partial charge on any atom is -0.202 e. The van der Waals surface area contributed by atoms with E-state index >= 15 is 0 Å². The predicted molar refractivity (Wildman–Crippen MR) is 92.5 cm³/mol. The zero-order valence-corrected chi connectivity index (χ0v) is 14.4. The van der Waals surface area contributed by atoms with Gasteiger partial charge in [0.25, 0.3) is 0 Å². The van der Waals surface area contributed by atoms with Crippen molar-refractivity contribution in [3.63, 3.8) is 0 Å². The molecule has 120 valence electrons. The van der Waals surface area contributed by atoms with Gasteiger partial charge in [-0.05, 0) is 12.8 Å². The molecule has 0 N–H and O–H groups in total. The third kappa shape index (κ3) is 8.90. The largest absolute Gasteiger partial charge is 0.202 e. The van der Waals surface area contributed by atoms with E-state index in [-0.39, 0.29) is 0 Å². The van der Waals surface area contributed by atoms with E-state index in [1.165, 1.54) is 89.3 Å². The van der Waals surface area contributed by atoms with Crippen molar-refractivity contribution < 1.29 is 4.57 Å². The Morgan fingerprint density at radius 1 is 0.714 bits per heavy atom. The van der Waals surface area contributed by atoms with E-state index in [1.54, 1.807) is 0 Å². The number of rotatable bonds is 13. The van der Waals surface area contributed by atoms with Gasteiger partial charge in [0.1, 0.15) is 6.54 Å². The molecule has 0 fully saturated rings. The zero-order chi connectivity index (χ0) is 15.2. The number of pyridine rings is 1. The first-order chi connectivity index (χ1) is 10.4. The van der Waals surface area contributed by atoms with Gasteiger partial charge in [-0.2, -0.15) is 0 Å². The van der Waals surface area contributed by atoms with Gasteiger partial charge in [-0.25, -0.2) is 4.57 Å². The number of hydrogen-bond donors (Lipinski definition) is 0. The molecule has 0 radical (unpaired) electrons. The smallest absolute Gasteiger partial charge is 0.181 e. The van der Waals surface area contributed by atoms with Gasteiger partial charge in [0, 0.05) is 25.0 Å². The van der Waals surface area contributed by atoms with Gasteiger partial charge in [-0.1, -0.05) is 71.3 Å². The predicted octanol–water partition coefficient (Wildman–Crippen LogP) is 5.85. The lowest BCUT2D eigenvalue weighted by Crippen LogP contribution is -2.37. The Bertz CT molecular complexity index is 345. The van der Waals surface area contributed by atoms with Crippen LogP contribution in [0, 0.1) is 0 Å². The minimum absolute atomic E-state index is 1.21.